The molecule has 20 heavy (non-hydrogen) atoms. The molecule has 7 heteroatoms. The van der Waals surface area contributed by atoms with Crippen LogP contribution in [0.4, 0.5) is 0 Å². The van der Waals surface area contributed by atoms with Gasteiger partial charge in [0.25, 0.3) is 0 Å². The van der Waals surface area contributed by atoms with Gasteiger partial charge in [0.15, 0.2) is 6.33 Å². The smallest absolute Gasteiger partial charge is 0.233 e. The highest BCUT2D eigenvalue weighted by molar-refractivity contribution is 7.80. The fourth-order valence-corrected chi connectivity index (χ4v) is 2.97. The summed E-state index contributed by atoms with van der Waals surface area (Å²) in [6, 6.07) is 0. The van der Waals surface area contributed by atoms with Gasteiger partial charge in [-0.2, -0.15) is 4.98 Å². The highest BCUT2D eigenvalue weighted by atomic mass is 32.1. The summed E-state index contributed by atoms with van der Waals surface area (Å²) in [4.78, 5) is 16.7. The van der Waals surface area contributed by atoms with Crippen LogP contribution in [-0.4, -0.2) is 27.6 Å². The van der Waals surface area contributed by atoms with Gasteiger partial charge in [-0.3, -0.25) is 4.79 Å². The molecule has 1 aromatic rings. The van der Waals surface area contributed by atoms with Crippen molar-refractivity contribution in [2.75, 3.05) is 6.54 Å². The average Bonchev–Trinajstić information content (AvgIpc) is 2.80. The summed E-state index contributed by atoms with van der Waals surface area (Å²) in [5.41, 5.74) is 5.19. The Balaban J connectivity index is 1.94. The number of hydrogen-bond acceptors (Lipinski definition) is 5. The fraction of sp³-hybridized carbons (Fsp3) is 0.692. The van der Waals surface area contributed by atoms with E-state index in [1.807, 2.05) is 0 Å². The van der Waals surface area contributed by atoms with E-state index in [0.29, 0.717) is 23.8 Å². The molecule has 1 saturated carbocycles. The Morgan fingerprint density at radius 2 is 2.10 bits per heavy atom. The van der Waals surface area contributed by atoms with E-state index >= 15 is 0 Å². The van der Waals surface area contributed by atoms with E-state index in [9.17, 15) is 4.79 Å². The molecular weight excluding hydrogens is 276 g/mol. The number of nitrogens with zero attached hydrogens (tertiary/aromatic N) is 2. The van der Waals surface area contributed by atoms with E-state index in [1.54, 1.807) is 0 Å². The second-order valence-corrected chi connectivity index (χ2v) is 5.64. The van der Waals surface area contributed by atoms with Crippen LogP contribution in [0, 0.1) is 5.41 Å². The minimum atomic E-state index is -0.680. The van der Waals surface area contributed by atoms with Gasteiger partial charge in [-0.05, 0) is 12.8 Å². The molecular formula is C13H20N4O2S. The number of nitrogens with two attached hydrogens (primary N) is 1. The molecule has 0 saturated heterocycles. The number of carbonyl (C=O) groups excluding carboxylic acids is 1. The second-order valence-electron chi connectivity index (χ2n) is 5.20. The summed E-state index contributed by atoms with van der Waals surface area (Å²) < 4.78 is 4.89. The lowest BCUT2D eigenvalue weighted by Crippen LogP contribution is -2.49. The zero-order valence-electron chi connectivity index (χ0n) is 11.4. The molecule has 0 unspecified atom stereocenters. The predicted molar refractivity (Wildman–Crippen MR) is 77.9 cm³/mol. The van der Waals surface area contributed by atoms with Gasteiger partial charge < -0.3 is 15.6 Å². The molecule has 1 heterocycles. The van der Waals surface area contributed by atoms with Gasteiger partial charge in [-0.25, -0.2) is 0 Å². The summed E-state index contributed by atoms with van der Waals surface area (Å²) in [5.74, 6) is 0.446. The number of hydrogen-bond donors (Lipinski definition) is 2. The van der Waals surface area contributed by atoms with Gasteiger partial charge in [0.05, 0.1) is 10.4 Å². The van der Waals surface area contributed by atoms with Crippen LogP contribution in [-0.2, 0) is 11.2 Å². The van der Waals surface area contributed by atoms with Crippen molar-refractivity contribution < 1.29 is 9.32 Å². The van der Waals surface area contributed by atoms with E-state index in [1.165, 1.54) is 6.33 Å². The van der Waals surface area contributed by atoms with Crippen LogP contribution in [0.1, 0.15) is 44.4 Å². The topological polar surface area (TPSA) is 94.0 Å². The van der Waals surface area contributed by atoms with Crippen LogP contribution >= 0.6 is 12.2 Å². The lowest BCUT2D eigenvalue weighted by atomic mass is 9.79. The second kappa shape index (κ2) is 6.78. The summed E-state index contributed by atoms with van der Waals surface area (Å²) in [6.45, 7) is 0.450. The highest BCUT2D eigenvalue weighted by Crippen LogP contribution is 2.35. The van der Waals surface area contributed by atoms with Crippen molar-refractivity contribution in [1.29, 1.82) is 0 Å². The molecule has 1 aliphatic carbocycles. The monoisotopic (exact) mass is 296 g/mol. The lowest BCUT2D eigenvalue weighted by Gasteiger charge is -2.30. The third kappa shape index (κ3) is 3.33. The van der Waals surface area contributed by atoms with Crippen molar-refractivity contribution in [3.8, 4) is 0 Å². The average molecular weight is 296 g/mol. The maximum atomic E-state index is 12.5. The maximum absolute atomic E-state index is 12.5. The van der Waals surface area contributed by atoms with Crippen molar-refractivity contribution in [2.24, 2.45) is 11.1 Å². The molecule has 0 aliphatic heterocycles. The minimum Gasteiger partial charge on any atom is -0.392 e. The first-order valence-corrected chi connectivity index (χ1v) is 7.40. The lowest BCUT2D eigenvalue weighted by molar-refractivity contribution is -0.128. The Bertz CT molecular complexity index is 453. The van der Waals surface area contributed by atoms with Gasteiger partial charge in [0, 0.05) is 13.0 Å². The highest BCUT2D eigenvalue weighted by Gasteiger charge is 2.41. The minimum absolute atomic E-state index is 0.0635. The third-order valence-corrected chi connectivity index (χ3v) is 4.29. The van der Waals surface area contributed by atoms with Crippen LogP contribution in [0.25, 0.3) is 0 Å². The Hall–Kier alpha value is -1.50. The number of rotatable bonds is 5. The molecule has 0 spiro atoms. The first-order chi connectivity index (χ1) is 9.65. The molecule has 0 radical (unpaired) electrons. The van der Waals surface area contributed by atoms with Gasteiger partial charge in [-0.1, -0.05) is 43.1 Å². The summed E-state index contributed by atoms with van der Waals surface area (Å²) in [7, 11) is 0. The van der Waals surface area contributed by atoms with Crippen molar-refractivity contribution in [3.05, 3.63) is 12.2 Å². The fourth-order valence-electron chi connectivity index (χ4n) is 2.68. The predicted octanol–water partition coefficient (Wildman–Crippen LogP) is 1.35. The van der Waals surface area contributed by atoms with Crippen molar-refractivity contribution >= 4 is 23.1 Å². The normalized spacial score (nSPS) is 18.2. The zero-order chi connectivity index (χ0) is 14.4. The van der Waals surface area contributed by atoms with E-state index in [0.717, 1.165) is 38.5 Å². The van der Waals surface area contributed by atoms with Crippen molar-refractivity contribution in [2.45, 2.75) is 44.9 Å². The van der Waals surface area contributed by atoms with Gasteiger partial charge in [0.1, 0.15) is 0 Å². The number of amides is 1. The van der Waals surface area contributed by atoms with Gasteiger partial charge >= 0.3 is 0 Å². The summed E-state index contributed by atoms with van der Waals surface area (Å²) in [5, 5.41) is 6.43. The van der Waals surface area contributed by atoms with Crippen molar-refractivity contribution in [3.63, 3.8) is 0 Å². The van der Waals surface area contributed by atoms with Gasteiger partial charge in [-0.15, -0.1) is 0 Å². The maximum Gasteiger partial charge on any atom is 0.233 e. The largest absolute Gasteiger partial charge is 0.392 e. The van der Waals surface area contributed by atoms with Crippen LogP contribution in [0.3, 0.4) is 0 Å². The molecule has 1 amide bonds. The molecule has 1 aromatic heterocycles. The van der Waals surface area contributed by atoms with Crippen LogP contribution in [0.5, 0.6) is 0 Å². The van der Waals surface area contributed by atoms with Crippen LogP contribution < -0.4 is 11.1 Å². The number of aromatic nitrogens is 2. The van der Waals surface area contributed by atoms with E-state index in [-0.39, 0.29) is 5.91 Å². The van der Waals surface area contributed by atoms with E-state index in [2.05, 4.69) is 15.5 Å². The quantitative estimate of drug-likeness (QED) is 0.629. The number of thiocarbonyl (C=S) groups is 1. The molecule has 3 N–H and O–H groups in total. The van der Waals surface area contributed by atoms with E-state index in [4.69, 9.17) is 22.5 Å². The summed E-state index contributed by atoms with van der Waals surface area (Å²) in [6.07, 6.45) is 7.61. The first kappa shape index (κ1) is 14.9. The standard InChI is InChI=1S/C13H20N4O2S/c14-11(20)13(6-3-1-2-4-7-13)12(18)15-8-5-10-16-9-17-19-10/h9H,1-8H2,(H2,14,20)(H,15,18). The molecule has 1 fully saturated rings. The number of nitrogens with one attached hydrogen (secondary N) is 1. The summed E-state index contributed by atoms with van der Waals surface area (Å²) >= 11 is 5.17. The molecule has 2 rings (SSSR count). The van der Waals surface area contributed by atoms with E-state index < -0.39 is 5.41 Å². The Morgan fingerprint density at radius 3 is 2.65 bits per heavy atom. The molecule has 0 atom stereocenters. The molecule has 0 bridgehead atoms. The Labute approximate surface area is 123 Å². The molecule has 110 valence electrons. The first-order valence-electron chi connectivity index (χ1n) is 6.99. The van der Waals surface area contributed by atoms with Gasteiger partial charge in [0.2, 0.25) is 11.8 Å². The van der Waals surface area contributed by atoms with Crippen LogP contribution in [0.2, 0.25) is 0 Å². The van der Waals surface area contributed by atoms with Crippen molar-refractivity contribution in [1.82, 2.24) is 15.5 Å². The SMILES string of the molecule is NC(=S)C1(C(=O)NCCc2ncno2)CCCCCC1. The Kier molecular flexibility index (Phi) is 5.05. The molecule has 6 nitrogen and oxygen atoms in total. The molecule has 0 aromatic carbocycles. The third-order valence-electron chi connectivity index (χ3n) is 3.89. The van der Waals surface area contributed by atoms with Crippen LogP contribution in [0.15, 0.2) is 10.9 Å². The molecule has 1 aliphatic rings. The zero-order valence-corrected chi connectivity index (χ0v) is 12.2. The Morgan fingerprint density at radius 1 is 1.40 bits per heavy atom. The number of carbonyl (C=O) groups is 1.